The molecule has 0 saturated heterocycles. The van der Waals surface area contributed by atoms with E-state index in [1.54, 1.807) is 12.3 Å². The monoisotopic (exact) mass is 248 g/mol. The molecular formula is C14H17FN2O. The molecule has 96 valence electrons. The molecule has 1 aromatic carbocycles. The fourth-order valence-electron chi connectivity index (χ4n) is 1.79. The van der Waals surface area contributed by atoms with Gasteiger partial charge in [-0.25, -0.2) is 4.39 Å². The summed E-state index contributed by atoms with van der Waals surface area (Å²) in [6, 6.07) is 4.36. The third-order valence-corrected chi connectivity index (χ3v) is 2.84. The standard InChI is InChI=1S/C14H17FN2O/c1-9(2)5-6-16-8-12-11-7-10(15)3-4-13(11)17-14(12)18/h3-4,7-9,17-18H,5-6H2,1-2H3. The molecule has 2 rings (SSSR count). The van der Waals surface area contributed by atoms with Crippen LogP contribution >= 0.6 is 0 Å². The molecule has 0 aliphatic carbocycles. The van der Waals surface area contributed by atoms with Crippen molar-refractivity contribution in [3.05, 3.63) is 29.6 Å². The topological polar surface area (TPSA) is 48.4 Å². The van der Waals surface area contributed by atoms with Crippen LogP contribution in [-0.4, -0.2) is 22.8 Å². The van der Waals surface area contributed by atoms with Crippen molar-refractivity contribution in [3.63, 3.8) is 0 Å². The first-order chi connectivity index (χ1) is 8.58. The van der Waals surface area contributed by atoms with Gasteiger partial charge in [-0.15, -0.1) is 0 Å². The normalized spacial score (nSPS) is 12.0. The molecule has 3 nitrogen and oxygen atoms in total. The highest BCUT2D eigenvalue weighted by Crippen LogP contribution is 2.26. The Morgan fingerprint density at radius 3 is 2.94 bits per heavy atom. The second-order valence-electron chi connectivity index (χ2n) is 4.79. The van der Waals surface area contributed by atoms with Gasteiger partial charge in [-0.1, -0.05) is 13.8 Å². The lowest BCUT2D eigenvalue weighted by molar-refractivity contribution is 0.457. The van der Waals surface area contributed by atoms with E-state index in [0.29, 0.717) is 28.9 Å². The average molecular weight is 248 g/mol. The van der Waals surface area contributed by atoms with Crippen LogP contribution in [0.4, 0.5) is 4.39 Å². The first-order valence-electron chi connectivity index (χ1n) is 6.08. The van der Waals surface area contributed by atoms with Gasteiger partial charge in [-0.3, -0.25) is 4.99 Å². The van der Waals surface area contributed by atoms with Crippen molar-refractivity contribution in [3.8, 4) is 5.88 Å². The minimum atomic E-state index is -0.321. The van der Waals surface area contributed by atoms with Gasteiger partial charge in [0.1, 0.15) is 5.82 Å². The molecule has 18 heavy (non-hydrogen) atoms. The Kier molecular flexibility index (Phi) is 3.65. The van der Waals surface area contributed by atoms with E-state index in [0.717, 1.165) is 6.42 Å². The number of aliphatic imine (C=N–C) groups is 1. The van der Waals surface area contributed by atoms with E-state index >= 15 is 0 Å². The SMILES string of the molecule is CC(C)CCN=Cc1c(O)[nH]c2ccc(F)cc12. The maximum absolute atomic E-state index is 13.2. The van der Waals surface area contributed by atoms with E-state index in [4.69, 9.17) is 0 Å². The zero-order valence-electron chi connectivity index (χ0n) is 10.6. The number of aromatic nitrogens is 1. The van der Waals surface area contributed by atoms with Gasteiger partial charge in [-0.2, -0.15) is 0 Å². The van der Waals surface area contributed by atoms with Gasteiger partial charge in [-0.05, 0) is 30.5 Å². The van der Waals surface area contributed by atoms with Crippen LogP contribution in [0.5, 0.6) is 5.88 Å². The van der Waals surface area contributed by atoms with Crippen molar-refractivity contribution < 1.29 is 9.50 Å². The number of halogens is 1. The lowest BCUT2D eigenvalue weighted by atomic mass is 10.1. The van der Waals surface area contributed by atoms with Crippen LogP contribution in [0.25, 0.3) is 10.9 Å². The van der Waals surface area contributed by atoms with Gasteiger partial charge in [0.2, 0.25) is 0 Å². The lowest BCUT2D eigenvalue weighted by Gasteiger charge is -1.99. The number of aromatic amines is 1. The van der Waals surface area contributed by atoms with E-state index in [9.17, 15) is 9.50 Å². The number of hydrogen-bond donors (Lipinski definition) is 2. The Balaban J connectivity index is 2.26. The van der Waals surface area contributed by atoms with Crippen LogP contribution in [0.3, 0.4) is 0 Å². The second-order valence-corrected chi connectivity index (χ2v) is 4.79. The number of nitrogens with zero attached hydrogens (tertiary/aromatic N) is 1. The predicted octanol–water partition coefficient (Wildman–Crippen LogP) is 3.48. The summed E-state index contributed by atoms with van der Waals surface area (Å²) in [6.07, 6.45) is 2.60. The number of benzene rings is 1. The zero-order chi connectivity index (χ0) is 13.1. The second kappa shape index (κ2) is 5.21. The molecular weight excluding hydrogens is 231 g/mol. The molecule has 1 aromatic heterocycles. The molecule has 0 radical (unpaired) electrons. The van der Waals surface area contributed by atoms with Crippen molar-refractivity contribution >= 4 is 17.1 Å². The molecule has 0 aliphatic heterocycles. The largest absolute Gasteiger partial charge is 0.494 e. The lowest BCUT2D eigenvalue weighted by Crippen LogP contribution is -1.91. The van der Waals surface area contributed by atoms with Crippen LogP contribution in [0, 0.1) is 11.7 Å². The molecule has 2 N–H and O–H groups in total. The Morgan fingerprint density at radius 1 is 1.44 bits per heavy atom. The van der Waals surface area contributed by atoms with Gasteiger partial charge in [0.15, 0.2) is 5.88 Å². The quantitative estimate of drug-likeness (QED) is 0.799. The first kappa shape index (κ1) is 12.6. The van der Waals surface area contributed by atoms with Gasteiger partial charge in [0.05, 0.1) is 5.56 Å². The minimum Gasteiger partial charge on any atom is -0.494 e. The number of nitrogens with one attached hydrogen (secondary N) is 1. The van der Waals surface area contributed by atoms with Crippen molar-refractivity contribution in [2.24, 2.45) is 10.9 Å². The fraction of sp³-hybridized carbons (Fsp3) is 0.357. The molecule has 0 spiro atoms. The molecule has 2 aromatic rings. The smallest absolute Gasteiger partial charge is 0.198 e. The summed E-state index contributed by atoms with van der Waals surface area (Å²) in [5, 5.41) is 10.4. The Morgan fingerprint density at radius 2 is 2.22 bits per heavy atom. The number of fused-ring (bicyclic) bond motifs is 1. The highest BCUT2D eigenvalue weighted by Gasteiger charge is 2.09. The third-order valence-electron chi connectivity index (χ3n) is 2.84. The summed E-state index contributed by atoms with van der Waals surface area (Å²) in [5.41, 5.74) is 1.26. The van der Waals surface area contributed by atoms with Crippen LogP contribution in [-0.2, 0) is 0 Å². The molecule has 4 heteroatoms. The summed E-state index contributed by atoms with van der Waals surface area (Å²) in [5.74, 6) is 0.304. The van der Waals surface area contributed by atoms with Crippen molar-refractivity contribution in [1.82, 2.24) is 4.98 Å². The predicted molar refractivity (Wildman–Crippen MR) is 71.8 cm³/mol. The maximum atomic E-state index is 13.2. The van der Waals surface area contributed by atoms with E-state index in [1.165, 1.54) is 12.1 Å². The van der Waals surface area contributed by atoms with Gasteiger partial charge in [0.25, 0.3) is 0 Å². The Hall–Kier alpha value is -1.84. The first-order valence-corrected chi connectivity index (χ1v) is 6.08. The number of rotatable bonds is 4. The van der Waals surface area contributed by atoms with Crippen LogP contribution in [0.2, 0.25) is 0 Å². The maximum Gasteiger partial charge on any atom is 0.198 e. The summed E-state index contributed by atoms with van der Waals surface area (Å²) >= 11 is 0. The average Bonchev–Trinajstić information content (AvgIpc) is 2.60. The summed E-state index contributed by atoms with van der Waals surface area (Å²) < 4.78 is 13.2. The van der Waals surface area contributed by atoms with Crippen molar-refractivity contribution in [2.75, 3.05) is 6.54 Å². The Bertz CT molecular complexity index is 572. The van der Waals surface area contributed by atoms with E-state index in [-0.39, 0.29) is 11.7 Å². The summed E-state index contributed by atoms with van der Waals surface area (Å²) in [6.45, 7) is 4.97. The molecule has 0 amide bonds. The molecule has 0 aliphatic rings. The van der Waals surface area contributed by atoms with E-state index in [1.807, 2.05) is 0 Å². The van der Waals surface area contributed by atoms with E-state index in [2.05, 4.69) is 23.8 Å². The minimum absolute atomic E-state index is 0.0314. The van der Waals surface area contributed by atoms with Crippen molar-refractivity contribution in [2.45, 2.75) is 20.3 Å². The Labute approximate surface area is 105 Å². The van der Waals surface area contributed by atoms with Gasteiger partial charge in [0, 0.05) is 23.7 Å². The van der Waals surface area contributed by atoms with Crippen LogP contribution < -0.4 is 0 Å². The molecule has 0 unspecified atom stereocenters. The molecule has 0 bridgehead atoms. The van der Waals surface area contributed by atoms with Crippen LogP contribution in [0.15, 0.2) is 23.2 Å². The molecule has 0 saturated carbocycles. The van der Waals surface area contributed by atoms with Crippen molar-refractivity contribution in [1.29, 1.82) is 0 Å². The summed E-state index contributed by atoms with van der Waals surface area (Å²) in [7, 11) is 0. The summed E-state index contributed by atoms with van der Waals surface area (Å²) in [4.78, 5) is 7.07. The number of hydrogen-bond acceptors (Lipinski definition) is 2. The number of aromatic hydroxyl groups is 1. The molecule has 0 fully saturated rings. The number of H-pyrrole nitrogens is 1. The fourth-order valence-corrected chi connectivity index (χ4v) is 1.79. The van der Waals surface area contributed by atoms with Gasteiger partial charge < -0.3 is 10.1 Å². The zero-order valence-corrected chi connectivity index (χ0v) is 10.6. The van der Waals surface area contributed by atoms with Gasteiger partial charge >= 0.3 is 0 Å². The molecule has 1 heterocycles. The third kappa shape index (κ3) is 2.70. The van der Waals surface area contributed by atoms with Crippen LogP contribution in [0.1, 0.15) is 25.8 Å². The molecule has 0 atom stereocenters. The van der Waals surface area contributed by atoms with E-state index < -0.39 is 0 Å². The highest BCUT2D eigenvalue weighted by atomic mass is 19.1. The highest BCUT2D eigenvalue weighted by molar-refractivity contribution is 6.01.